The molecule has 1 aliphatic heterocycles. The van der Waals surface area contributed by atoms with Crippen molar-refractivity contribution in [1.29, 1.82) is 0 Å². The first-order chi connectivity index (χ1) is 15.0. The average Bonchev–Trinajstić information content (AvgIpc) is 2.78. The minimum Gasteiger partial charge on any atom is -0.494 e. The first kappa shape index (κ1) is 25.3. The zero-order valence-corrected chi connectivity index (χ0v) is 20.4. The molecule has 0 spiro atoms. The third-order valence-corrected chi connectivity index (χ3v) is 6.51. The van der Waals surface area contributed by atoms with E-state index in [-0.39, 0.29) is 5.97 Å². The number of carbonyl (C=O) groups excluding carboxylic acids is 1. The maximum Gasteiger partial charge on any atom is 0.338 e. The molecule has 0 amide bonds. The molecule has 2 aromatic carbocycles. The Kier molecular flexibility index (Phi) is 11.0. The van der Waals surface area contributed by atoms with Crippen molar-refractivity contribution in [3.63, 3.8) is 0 Å². The van der Waals surface area contributed by atoms with Gasteiger partial charge >= 0.3 is 5.97 Å². The second kappa shape index (κ2) is 13.5. The number of thioether (sulfide) groups is 1. The number of esters is 1. The fourth-order valence-corrected chi connectivity index (χ4v) is 4.83. The molecule has 3 nitrogen and oxygen atoms in total. The summed E-state index contributed by atoms with van der Waals surface area (Å²) in [4.78, 5) is 13.1. The van der Waals surface area contributed by atoms with E-state index in [1.165, 1.54) is 35.5 Å². The fourth-order valence-electron chi connectivity index (χ4n) is 3.32. The normalized spacial score (nSPS) is 14.1. The number of unbranched alkanes of at least 4 members (excludes halogenated alkanes) is 3. The quantitative estimate of drug-likeness (QED) is 0.295. The molecule has 4 heteroatoms. The summed E-state index contributed by atoms with van der Waals surface area (Å²) in [5.74, 6) is 1.82. The van der Waals surface area contributed by atoms with Gasteiger partial charge in [-0.2, -0.15) is 0 Å². The number of ether oxygens (including phenoxy) is 2. The molecule has 1 heterocycles. The summed E-state index contributed by atoms with van der Waals surface area (Å²) >= 11 is 1.99. The number of carbonyl (C=O) groups is 1. The van der Waals surface area contributed by atoms with Gasteiger partial charge in [-0.25, -0.2) is 4.79 Å². The van der Waals surface area contributed by atoms with Crippen LogP contribution in [0.2, 0.25) is 0 Å². The molecule has 0 aliphatic carbocycles. The van der Waals surface area contributed by atoms with Gasteiger partial charge in [-0.15, -0.1) is 11.8 Å². The number of benzene rings is 2. The summed E-state index contributed by atoms with van der Waals surface area (Å²) in [5, 5.41) is 0. The van der Waals surface area contributed by atoms with Gasteiger partial charge in [-0.05, 0) is 66.3 Å². The summed E-state index contributed by atoms with van der Waals surface area (Å²) in [6.07, 6.45) is 6.67. The highest BCUT2D eigenvalue weighted by Gasteiger charge is 2.26. The van der Waals surface area contributed by atoms with Gasteiger partial charge < -0.3 is 9.47 Å². The molecule has 0 radical (unpaired) electrons. The van der Waals surface area contributed by atoms with Crippen molar-refractivity contribution >= 4 is 17.7 Å². The van der Waals surface area contributed by atoms with Crippen LogP contribution in [0.5, 0.6) is 5.75 Å². The third kappa shape index (κ3) is 8.60. The van der Waals surface area contributed by atoms with Gasteiger partial charge in [0.15, 0.2) is 0 Å². The van der Waals surface area contributed by atoms with E-state index >= 15 is 0 Å². The molecule has 1 aliphatic rings. The summed E-state index contributed by atoms with van der Waals surface area (Å²) < 4.78 is 10.7. The molecule has 2 aromatic rings. The third-order valence-electron chi connectivity index (χ3n) is 5.44. The Morgan fingerprint density at radius 1 is 0.935 bits per heavy atom. The Labute approximate surface area is 192 Å². The summed E-state index contributed by atoms with van der Waals surface area (Å²) in [7, 11) is 0. The van der Waals surface area contributed by atoms with Crippen LogP contribution in [0.25, 0.3) is 0 Å². The lowest BCUT2D eigenvalue weighted by Crippen LogP contribution is -2.22. The number of rotatable bonds is 9. The van der Waals surface area contributed by atoms with Gasteiger partial charge in [0.05, 0.1) is 18.8 Å². The smallest absolute Gasteiger partial charge is 0.338 e. The summed E-state index contributed by atoms with van der Waals surface area (Å²) in [5.41, 5.74) is 2.50. The second-order valence-corrected chi connectivity index (χ2v) is 9.68. The van der Waals surface area contributed by atoms with E-state index in [9.17, 15) is 4.79 Å². The fraction of sp³-hybridized carbons (Fsp3) is 0.519. The van der Waals surface area contributed by atoms with Crippen molar-refractivity contribution in [2.75, 3.05) is 19.0 Å². The maximum atomic E-state index is 11.7. The van der Waals surface area contributed by atoms with E-state index in [4.69, 9.17) is 9.47 Å². The van der Waals surface area contributed by atoms with E-state index < -0.39 is 0 Å². The van der Waals surface area contributed by atoms with Crippen molar-refractivity contribution in [3.05, 3.63) is 59.7 Å². The number of fused-ring (bicyclic) bond motifs is 1. The Morgan fingerprint density at radius 2 is 1.65 bits per heavy atom. The molecule has 0 atom stereocenters. The number of hydrogen-bond acceptors (Lipinski definition) is 4. The standard InChI is InChI=1S/C16H24O3.C11H14S/c1-3-5-7-13-18-15-10-8-14(9-11-15)16(17)19-12-6-4-2;1-11(2)7-8-12-10-6-4-3-5-9(10)11/h8-11H,3-7,12-13H2,1-2H3;3-6H,7-8H2,1-2H3. The largest absolute Gasteiger partial charge is 0.494 e. The Hall–Kier alpha value is -1.94. The minimum absolute atomic E-state index is 0.258. The van der Waals surface area contributed by atoms with Gasteiger partial charge in [0.2, 0.25) is 0 Å². The molecule has 0 aromatic heterocycles. The Balaban J connectivity index is 0.000000242. The van der Waals surface area contributed by atoms with Gasteiger partial charge in [0.1, 0.15) is 5.75 Å². The second-order valence-electron chi connectivity index (χ2n) is 8.55. The minimum atomic E-state index is -0.258. The van der Waals surface area contributed by atoms with Gasteiger partial charge in [-0.3, -0.25) is 0 Å². The molecule has 31 heavy (non-hydrogen) atoms. The first-order valence-electron chi connectivity index (χ1n) is 11.6. The highest BCUT2D eigenvalue weighted by atomic mass is 32.2. The lowest BCUT2D eigenvalue weighted by molar-refractivity contribution is 0.0499. The van der Waals surface area contributed by atoms with Crippen molar-refractivity contribution in [2.24, 2.45) is 0 Å². The molecule has 3 rings (SSSR count). The zero-order valence-electron chi connectivity index (χ0n) is 19.6. The van der Waals surface area contributed by atoms with Crippen LogP contribution in [0.1, 0.15) is 82.1 Å². The van der Waals surface area contributed by atoms with Crippen molar-refractivity contribution in [2.45, 2.75) is 76.5 Å². The van der Waals surface area contributed by atoms with Crippen LogP contribution in [0.4, 0.5) is 0 Å². The van der Waals surface area contributed by atoms with E-state index in [0.29, 0.717) is 17.6 Å². The predicted molar refractivity (Wildman–Crippen MR) is 131 cm³/mol. The predicted octanol–water partition coefficient (Wildman–Crippen LogP) is 7.67. The van der Waals surface area contributed by atoms with Crippen molar-refractivity contribution < 1.29 is 14.3 Å². The van der Waals surface area contributed by atoms with E-state index in [1.54, 1.807) is 12.1 Å². The van der Waals surface area contributed by atoms with Crippen LogP contribution in [0, 0.1) is 0 Å². The van der Waals surface area contributed by atoms with Crippen LogP contribution in [-0.4, -0.2) is 24.9 Å². The molecule has 0 saturated heterocycles. The van der Waals surface area contributed by atoms with Crippen molar-refractivity contribution in [1.82, 2.24) is 0 Å². The van der Waals surface area contributed by atoms with E-state index in [0.717, 1.165) is 31.6 Å². The van der Waals surface area contributed by atoms with Gasteiger partial charge in [0, 0.05) is 4.90 Å². The van der Waals surface area contributed by atoms with Crippen LogP contribution < -0.4 is 4.74 Å². The molecule has 0 bridgehead atoms. The Bertz CT molecular complexity index is 783. The molecular weight excluding hydrogens is 404 g/mol. The average molecular weight is 443 g/mol. The molecule has 0 fully saturated rings. The highest BCUT2D eigenvalue weighted by molar-refractivity contribution is 7.99. The summed E-state index contributed by atoms with van der Waals surface area (Å²) in [6, 6.07) is 15.9. The Morgan fingerprint density at radius 3 is 2.32 bits per heavy atom. The summed E-state index contributed by atoms with van der Waals surface area (Å²) in [6.45, 7) is 10.1. The van der Waals surface area contributed by atoms with Crippen LogP contribution >= 0.6 is 11.8 Å². The van der Waals surface area contributed by atoms with Gasteiger partial charge in [-0.1, -0.05) is 65.2 Å². The lowest BCUT2D eigenvalue weighted by atomic mass is 9.82. The maximum absolute atomic E-state index is 11.7. The highest BCUT2D eigenvalue weighted by Crippen LogP contribution is 2.40. The van der Waals surface area contributed by atoms with Crippen LogP contribution in [0.3, 0.4) is 0 Å². The van der Waals surface area contributed by atoms with E-state index in [1.807, 2.05) is 23.9 Å². The van der Waals surface area contributed by atoms with Crippen molar-refractivity contribution in [3.8, 4) is 5.75 Å². The molecule has 170 valence electrons. The molecule has 0 saturated carbocycles. The molecular formula is C27H38O3S. The number of hydrogen-bond donors (Lipinski definition) is 0. The monoisotopic (exact) mass is 442 g/mol. The zero-order chi connectivity index (χ0) is 22.5. The topological polar surface area (TPSA) is 35.5 Å². The van der Waals surface area contributed by atoms with Gasteiger partial charge in [0.25, 0.3) is 0 Å². The lowest BCUT2D eigenvalue weighted by Gasteiger charge is -2.31. The SMILES string of the molecule is CC1(C)CCSc2ccccc21.CCCCCOc1ccc(C(=O)OCCCC)cc1. The molecule has 0 N–H and O–H groups in total. The molecule has 0 unspecified atom stereocenters. The van der Waals surface area contributed by atoms with E-state index in [2.05, 4.69) is 52.0 Å². The first-order valence-corrected chi connectivity index (χ1v) is 12.6. The van der Waals surface area contributed by atoms with Crippen LogP contribution in [0.15, 0.2) is 53.4 Å². The van der Waals surface area contributed by atoms with Crippen LogP contribution in [-0.2, 0) is 10.2 Å².